The SMILES string of the molecule is CN(CC(=O)N1CCCC1)C(=O)N1CC(C)(O)C1.Oc1ccc(Cl)c(Cl)c1. The number of carbonyl (C=O) groups excluding carboxylic acids is 2. The second-order valence-electron chi connectivity index (χ2n) is 7.18. The van der Waals surface area contributed by atoms with Gasteiger partial charge in [-0.3, -0.25) is 4.79 Å². The standard InChI is InChI=1S/C12H21N3O3.C6H4Cl2O/c1-12(18)8-15(9-12)11(17)13(2)7-10(16)14-5-3-4-6-14;7-5-2-1-4(9)3-6(5)8/h18H,3-9H2,1-2H3;1-3,9H. The number of halogens is 2. The van der Waals surface area contributed by atoms with Gasteiger partial charge in [-0.15, -0.1) is 0 Å². The lowest BCUT2D eigenvalue weighted by atomic mass is 9.98. The number of amides is 3. The van der Waals surface area contributed by atoms with Crippen LogP contribution in [0.15, 0.2) is 18.2 Å². The van der Waals surface area contributed by atoms with Gasteiger partial charge in [-0.05, 0) is 38.0 Å². The van der Waals surface area contributed by atoms with E-state index in [0.717, 1.165) is 25.9 Å². The minimum absolute atomic E-state index is 0.00985. The number of likely N-dealkylation sites (tertiary alicyclic amines) is 2. The fourth-order valence-corrected chi connectivity index (χ4v) is 3.27. The van der Waals surface area contributed by atoms with Gasteiger partial charge in [-0.1, -0.05) is 23.2 Å². The zero-order valence-electron chi connectivity index (χ0n) is 15.5. The number of rotatable bonds is 2. The molecule has 9 heteroatoms. The maximum Gasteiger partial charge on any atom is 0.320 e. The average Bonchev–Trinajstić information content (AvgIpc) is 3.10. The average molecular weight is 418 g/mol. The molecule has 2 fully saturated rings. The molecular weight excluding hydrogens is 393 g/mol. The molecule has 0 radical (unpaired) electrons. The van der Waals surface area contributed by atoms with E-state index in [4.69, 9.17) is 28.3 Å². The van der Waals surface area contributed by atoms with Crippen LogP contribution in [-0.4, -0.2) is 82.2 Å². The molecule has 27 heavy (non-hydrogen) atoms. The summed E-state index contributed by atoms with van der Waals surface area (Å²) in [6.45, 7) is 4.12. The zero-order chi connectivity index (χ0) is 20.2. The molecular formula is C18H25Cl2N3O4. The van der Waals surface area contributed by atoms with Crippen LogP contribution in [0, 0.1) is 0 Å². The summed E-state index contributed by atoms with van der Waals surface area (Å²) in [5.41, 5.74) is -0.768. The molecule has 2 aliphatic rings. The number of phenols is 1. The van der Waals surface area contributed by atoms with Crippen LogP contribution < -0.4 is 0 Å². The number of carbonyl (C=O) groups is 2. The molecule has 0 unspecified atom stereocenters. The smallest absolute Gasteiger partial charge is 0.320 e. The van der Waals surface area contributed by atoms with Crippen molar-refractivity contribution < 1.29 is 19.8 Å². The van der Waals surface area contributed by atoms with E-state index < -0.39 is 5.60 Å². The van der Waals surface area contributed by atoms with Gasteiger partial charge in [0.2, 0.25) is 5.91 Å². The third-order valence-corrected chi connectivity index (χ3v) is 5.13. The fourth-order valence-electron chi connectivity index (χ4n) is 2.97. The predicted octanol–water partition coefficient (Wildman–Crippen LogP) is 2.43. The molecule has 150 valence electrons. The second kappa shape index (κ2) is 8.99. The van der Waals surface area contributed by atoms with Gasteiger partial charge < -0.3 is 24.9 Å². The molecule has 2 N–H and O–H groups in total. The lowest BCUT2D eigenvalue weighted by Gasteiger charge is -2.45. The van der Waals surface area contributed by atoms with Gasteiger partial charge >= 0.3 is 6.03 Å². The minimum atomic E-state index is -0.768. The highest BCUT2D eigenvalue weighted by Gasteiger charge is 2.40. The molecule has 0 aromatic heterocycles. The van der Waals surface area contributed by atoms with Crippen LogP contribution in [0.3, 0.4) is 0 Å². The highest BCUT2D eigenvalue weighted by atomic mass is 35.5. The molecule has 7 nitrogen and oxygen atoms in total. The Morgan fingerprint density at radius 1 is 1.15 bits per heavy atom. The highest BCUT2D eigenvalue weighted by Crippen LogP contribution is 2.25. The number of hydrogen-bond donors (Lipinski definition) is 2. The summed E-state index contributed by atoms with van der Waals surface area (Å²) < 4.78 is 0. The van der Waals surface area contributed by atoms with Crippen LogP contribution in [0.1, 0.15) is 19.8 Å². The molecule has 1 aromatic rings. The Labute approximate surface area is 169 Å². The third-order valence-electron chi connectivity index (χ3n) is 4.39. The van der Waals surface area contributed by atoms with E-state index in [9.17, 15) is 14.7 Å². The predicted molar refractivity (Wildman–Crippen MR) is 104 cm³/mol. The van der Waals surface area contributed by atoms with E-state index in [2.05, 4.69) is 0 Å². The van der Waals surface area contributed by atoms with Crippen LogP contribution in [0.2, 0.25) is 10.0 Å². The number of β-amino-alcohol motifs (C(OH)–C–C–N with tert-alkyl or cyclic N) is 1. The number of likely N-dealkylation sites (N-methyl/N-ethyl adjacent to an activating group) is 1. The Balaban J connectivity index is 0.000000244. The van der Waals surface area contributed by atoms with Crippen LogP contribution in [0.5, 0.6) is 5.75 Å². The Bertz CT molecular complexity index is 685. The van der Waals surface area contributed by atoms with Gasteiger partial charge in [0.05, 0.1) is 28.7 Å². The Kier molecular flexibility index (Phi) is 7.19. The number of aromatic hydroxyl groups is 1. The number of nitrogens with zero attached hydrogens (tertiary/aromatic N) is 3. The van der Waals surface area contributed by atoms with Crippen LogP contribution in [0.25, 0.3) is 0 Å². The molecule has 0 spiro atoms. The summed E-state index contributed by atoms with van der Waals surface area (Å²) in [6.07, 6.45) is 2.11. The molecule has 0 bridgehead atoms. The number of urea groups is 1. The van der Waals surface area contributed by atoms with Gasteiger partial charge in [-0.25, -0.2) is 4.79 Å². The van der Waals surface area contributed by atoms with Crippen molar-refractivity contribution in [2.75, 3.05) is 39.8 Å². The number of aliphatic hydroxyl groups is 1. The van der Waals surface area contributed by atoms with Gasteiger partial charge in [-0.2, -0.15) is 0 Å². The van der Waals surface area contributed by atoms with Crippen molar-refractivity contribution in [2.45, 2.75) is 25.4 Å². The first-order chi connectivity index (χ1) is 12.6. The first kappa shape index (κ1) is 21.6. The number of phenolic OH excluding ortho intramolecular Hbond substituents is 1. The fraction of sp³-hybridized carbons (Fsp3) is 0.556. The molecule has 2 saturated heterocycles. The van der Waals surface area contributed by atoms with E-state index in [1.54, 1.807) is 29.8 Å². The molecule has 2 heterocycles. The first-order valence-electron chi connectivity index (χ1n) is 8.73. The van der Waals surface area contributed by atoms with E-state index >= 15 is 0 Å². The van der Waals surface area contributed by atoms with Crippen molar-refractivity contribution in [3.8, 4) is 5.75 Å². The lowest BCUT2D eigenvalue weighted by molar-refractivity contribution is -0.130. The van der Waals surface area contributed by atoms with Crippen LogP contribution in [-0.2, 0) is 4.79 Å². The molecule has 2 aliphatic heterocycles. The normalized spacial score (nSPS) is 17.7. The van der Waals surface area contributed by atoms with Crippen molar-refractivity contribution in [1.29, 1.82) is 0 Å². The molecule has 3 rings (SSSR count). The van der Waals surface area contributed by atoms with Gasteiger partial charge in [0, 0.05) is 20.1 Å². The summed E-state index contributed by atoms with van der Waals surface area (Å²) in [6, 6.07) is 4.23. The van der Waals surface area contributed by atoms with E-state index in [1.165, 1.54) is 17.0 Å². The Morgan fingerprint density at radius 2 is 1.74 bits per heavy atom. The lowest BCUT2D eigenvalue weighted by Crippen LogP contribution is -2.64. The topological polar surface area (TPSA) is 84.3 Å². The summed E-state index contributed by atoms with van der Waals surface area (Å²) in [7, 11) is 1.63. The van der Waals surface area contributed by atoms with Gasteiger partial charge in [0.25, 0.3) is 0 Å². The second-order valence-corrected chi connectivity index (χ2v) is 7.99. The van der Waals surface area contributed by atoms with Crippen molar-refractivity contribution in [2.24, 2.45) is 0 Å². The van der Waals surface area contributed by atoms with E-state index in [-0.39, 0.29) is 24.2 Å². The summed E-state index contributed by atoms with van der Waals surface area (Å²) in [5.74, 6) is 0.139. The Morgan fingerprint density at radius 3 is 2.22 bits per heavy atom. The zero-order valence-corrected chi connectivity index (χ0v) is 17.0. The van der Waals surface area contributed by atoms with Gasteiger partial charge in [0.15, 0.2) is 0 Å². The third kappa shape index (κ3) is 6.16. The van der Waals surface area contributed by atoms with Crippen molar-refractivity contribution in [1.82, 2.24) is 14.7 Å². The highest BCUT2D eigenvalue weighted by molar-refractivity contribution is 6.42. The number of benzene rings is 1. The van der Waals surface area contributed by atoms with Crippen LogP contribution >= 0.6 is 23.2 Å². The van der Waals surface area contributed by atoms with E-state index in [1.807, 2.05) is 0 Å². The largest absolute Gasteiger partial charge is 0.508 e. The molecule has 0 aliphatic carbocycles. The maximum atomic E-state index is 11.9. The van der Waals surface area contributed by atoms with Crippen molar-refractivity contribution in [3.05, 3.63) is 28.2 Å². The number of hydrogen-bond acceptors (Lipinski definition) is 4. The van der Waals surface area contributed by atoms with Crippen molar-refractivity contribution in [3.63, 3.8) is 0 Å². The van der Waals surface area contributed by atoms with E-state index in [0.29, 0.717) is 23.1 Å². The minimum Gasteiger partial charge on any atom is -0.508 e. The van der Waals surface area contributed by atoms with Gasteiger partial charge in [0.1, 0.15) is 12.3 Å². The first-order valence-corrected chi connectivity index (χ1v) is 9.49. The quantitative estimate of drug-likeness (QED) is 0.773. The molecule has 3 amide bonds. The van der Waals surface area contributed by atoms with Crippen LogP contribution in [0.4, 0.5) is 4.79 Å². The molecule has 0 atom stereocenters. The van der Waals surface area contributed by atoms with Crippen molar-refractivity contribution >= 4 is 35.1 Å². The summed E-state index contributed by atoms with van der Waals surface area (Å²) >= 11 is 11.1. The molecule has 0 saturated carbocycles. The summed E-state index contributed by atoms with van der Waals surface area (Å²) in [4.78, 5) is 28.6. The maximum absolute atomic E-state index is 11.9. The summed E-state index contributed by atoms with van der Waals surface area (Å²) in [5, 5.41) is 19.2. The monoisotopic (exact) mass is 417 g/mol. The molecule has 1 aromatic carbocycles. The Hall–Kier alpha value is -1.70.